The number of anilines is 1. The molecule has 0 saturated heterocycles. The van der Waals surface area contributed by atoms with Crippen LogP contribution in [0.2, 0.25) is 0 Å². The van der Waals surface area contributed by atoms with Crippen molar-refractivity contribution in [1.29, 1.82) is 0 Å². The fourth-order valence-electron chi connectivity index (χ4n) is 3.06. The predicted octanol–water partition coefficient (Wildman–Crippen LogP) is 2.73. The Labute approximate surface area is 160 Å². The van der Waals surface area contributed by atoms with Crippen LogP contribution < -0.4 is 5.32 Å². The van der Waals surface area contributed by atoms with Gasteiger partial charge in [0, 0.05) is 11.1 Å². The van der Waals surface area contributed by atoms with Gasteiger partial charge in [0.2, 0.25) is 0 Å². The first-order valence-corrected chi connectivity index (χ1v) is 9.68. The highest BCUT2D eigenvalue weighted by Crippen LogP contribution is 2.38. The molecule has 0 saturated carbocycles. The van der Waals surface area contributed by atoms with Crippen molar-refractivity contribution in [1.82, 2.24) is 9.78 Å². The van der Waals surface area contributed by atoms with E-state index in [9.17, 15) is 14.4 Å². The van der Waals surface area contributed by atoms with Crippen molar-refractivity contribution in [3.05, 3.63) is 34.0 Å². The number of carboxylic acid groups (broad SMARTS) is 1. The van der Waals surface area contributed by atoms with Gasteiger partial charge in [0.1, 0.15) is 5.00 Å². The second-order valence-electron chi connectivity index (χ2n) is 6.23. The SMILES string of the molecule is CCOC(=O)c1c(NC(=O)c2cnn(CCC(=O)O)c2)sc2c1CCCC2. The summed E-state index contributed by atoms with van der Waals surface area (Å²) in [6.45, 7) is 2.21. The Kier molecular flexibility index (Phi) is 5.90. The van der Waals surface area contributed by atoms with Crippen LogP contribution in [-0.2, 0) is 28.9 Å². The lowest BCUT2D eigenvalue weighted by Gasteiger charge is -2.12. The van der Waals surface area contributed by atoms with Gasteiger partial charge in [0.15, 0.2) is 0 Å². The van der Waals surface area contributed by atoms with Gasteiger partial charge in [-0.05, 0) is 38.2 Å². The van der Waals surface area contributed by atoms with E-state index >= 15 is 0 Å². The number of esters is 1. The molecule has 144 valence electrons. The normalized spacial score (nSPS) is 13.1. The first-order chi connectivity index (χ1) is 13.0. The van der Waals surface area contributed by atoms with Crippen LogP contribution in [0.3, 0.4) is 0 Å². The lowest BCUT2D eigenvalue weighted by Crippen LogP contribution is -2.15. The number of nitrogens with zero attached hydrogens (tertiary/aromatic N) is 2. The number of hydrogen-bond donors (Lipinski definition) is 2. The number of rotatable bonds is 7. The molecule has 2 aromatic rings. The Morgan fingerprint density at radius 1 is 1.33 bits per heavy atom. The summed E-state index contributed by atoms with van der Waals surface area (Å²) >= 11 is 1.42. The van der Waals surface area contributed by atoms with Gasteiger partial charge in [0.25, 0.3) is 5.91 Å². The summed E-state index contributed by atoms with van der Waals surface area (Å²) in [6, 6.07) is 0. The van der Waals surface area contributed by atoms with Crippen LogP contribution in [0, 0.1) is 0 Å². The molecule has 0 aromatic carbocycles. The van der Waals surface area contributed by atoms with Crippen molar-refractivity contribution in [3.8, 4) is 0 Å². The summed E-state index contributed by atoms with van der Waals surface area (Å²) in [4.78, 5) is 36.8. The van der Waals surface area contributed by atoms with Crippen LogP contribution in [-0.4, -0.2) is 39.3 Å². The third-order valence-electron chi connectivity index (χ3n) is 4.33. The molecule has 1 aliphatic rings. The van der Waals surface area contributed by atoms with Crippen LogP contribution in [0.4, 0.5) is 5.00 Å². The molecule has 1 aliphatic carbocycles. The summed E-state index contributed by atoms with van der Waals surface area (Å²) < 4.78 is 6.59. The van der Waals surface area contributed by atoms with Crippen molar-refractivity contribution in [3.63, 3.8) is 0 Å². The highest BCUT2D eigenvalue weighted by Gasteiger charge is 2.27. The number of carbonyl (C=O) groups is 3. The Bertz CT molecular complexity index is 870. The zero-order chi connectivity index (χ0) is 19.4. The zero-order valence-electron chi connectivity index (χ0n) is 15.0. The minimum absolute atomic E-state index is 0.0760. The van der Waals surface area contributed by atoms with Gasteiger partial charge in [-0.1, -0.05) is 0 Å². The van der Waals surface area contributed by atoms with Crippen molar-refractivity contribution >= 4 is 34.2 Å². The highest BCUT2D eigenvalue weighted by atomic mass is 32.1. The maximum absolute atomic E-state index is 12.6. The number of aromatic nitrogens is 2. The maximum Gasteiger partial charge on any atom is 0.341 e. The lowest BCUT2D eigenvalue weighted by molar-refractivity contribution is -0.137. The average Bonchev–Trinajstić information content (AvgIpc) is 3.24. The molecule has 2 N–H and O–H groups in total. The number of hydrogen-bond acceptors (Lipinski definition) is 6. The van der Waals surface area contributed by atoms with Gasteiger partial charge in [-0.2, -0.15) is 5.10 Å². The van der Waals surface area contributed by atoms with E-state index in [1.165, 1.54) is 28.4 Å². The van der Waals surface area contributed by atoms with E-state index in [1.54, 1.807) is 6.92 Å². The second kappa shape index (κ2) is 8.34. The molecule has 0 fully saturated rings. The van der Waals surface area contributed by atoms with Gasteiger partial charge in [-0.25, -0.2) is 4.79 Å². The Balaban J connectivity index is 1.80. The van der Waals surface area contributed by atoms with Crippen molar-refractivity contribution < 1.29 is 24.2 Å². The molecule has 0 aliphatic heterocycles. The molecular weight excluding hydrogens is 370 g/mol. The van der Waals surface area contributed by atoms with E-state index in [0.717, 1.165) is 36.1 Å². The number of nitrogens with one attached hydrogen (secondary N) is 1. The van der Waals surface area contributed by atoms with Crippen LogP contribution in [0.15, 0.2) is 12.4 Å². The van der Waals surface area contributed by atoms with E-state index in [-0.39, 0.29) is 25.5 Å². The van der Waals surface area contributed by atoms with E-state index in [4.69, 9.17) is 9.84 Å². The standard InChI is InChI=1S/C18H21N3O5S/c1-2-26-18(25)15-12-5-3-4-6-13(12)27-17(15)20-16(24)11-9-19-21(10-11)8-7-14(22)23/h9-10H,2-8H2,1H3,(H,20,24)(H,22,23). The first kappa shape index (κ1) is 19.1. The summed E-state index contributed by atoms with van der Waals surface area (Å²) in [5.74, 6) is -1.73. The quantitative estimate of drug-likeness (QED) is 0.702. The number of thiophene rings is 1. The molecule has 0 spiro atoms. The van der Waals surface area contributed by atoms with Crippen molar-refractivity contribution in [2.75, 3.05) is 11.9 Å². The lowest BCUT2D eigenvalue weighted by atomic mass is 9.95. The third kappa shape index (κ3) is 4.36. The maximum atomic E-state index is 12.6. The Morgan fingerprint density at radius 3 is 2.85 bits per heavy atom. The number of aliphatic carboxylic acids is 1. The number of carboxylic acids is 1. The zero-order valence-corrected chi connectivity index (χ0v) is 15.8. The van der Waals surface area contributed by atoms with Crippen LogP contribution >= 0.6 is 11.3 Å². The van der Waals surface area contributed by atoms with Gasteiger partial charge in [-0.15, -0.1) is 11.3 Å². The molecule has 0 bridgehead atoms. The van der Waals surface area contributed by atoms with Crippen molar-refractivity contribution in [2.45, 2.75) is 45.6 Å². The number of ether oxygens (including phenoxy) is 1. The summed E-state index contributed by atoms with van der Waals surface area (Å²) in [5.41, 5.74) is 1.75. The highest BCUT2D eigenvalue weighted by molar-refractivity contribution is 7.17. The predicted molar refractivity (Wildman–Crippen MR) is 99.4 cm³/mol. The van der Waals surface area contributed by atoms with Gasteiger partial charge in [-0.3, -0.25) is 14.3 Å². The third-order valence-corrected chi connectivity index (χ3v) is 5.54. The molecular formula is C18H21N3O5S. The Morgan fingerprint density at radius 2 is 2.11 bits per heavy atom. The minimum Gasteiger partial charge on any atom is -0.481 e. The fraction of sp³-hybridized carbons (Fsp3) is 0.444. The second-order valence-corrected chi connectivity index (χ2v) is 7.33. The first-order valence-electron chi connectivity index (χ1n) is 8.86. The molecule has 0 atom stereocenters. The molecule has 3 rings (SSSR count). The van der Waals surface area contributed by atoms with Gasteiger partial charge < -0.3 is 15.2 Å². The monoisotopic (exact) mass is 391 g/mol. The van der Waals surface area contributed by atoms with Crippen LogP contribution in [0.25, 0.3) is 0 Å². The van der Waals surface area contributed by atoms with E-state index in [0.29, 0.717) is 16.1 Å². The van der Waals surface area contributed by atoms with Crippen LogP contribution in [0.5, 0.6) is 0 Å². The molecule has 2 heterocycles. The molecule has 0 radical (unpaired) electrons. The molecule has 8 nitrogen and oxygen atoms in total. The molecule has 2 aromatic heterocycles. The fourth-order valence-corrected chi connectivity index (χ4v) is 4.33. The number of carbonyl (C=O) groups excluding carboxylic acids is 2. The van der Waals surface area contributed by atoms with E-state index < -0.39 is 11.9 Å². The summed E-state index contributed by atoms with van der Waals surface area (Å²) in [7, 11) is 0. The average molecular weight is 391 g/mol. The minimum atomic E-state index is -0.931. The molecule has 27 heavy (non-hydrogen) atoms. The molecule has 1 amide bonds. The Hall–Kier alpha value is -2.68. The molecule has 9 heteroatoms. The smallest absolute Gasteiger partial charge is 0.341 e. The molecule has 0 unspecified atom stereocenters. The van der Waals surface area contributed by atoms with Crippen molar-refractivity contribution in [2.24, 2.45) is 0 Å². The van der Waals surface area contributed by atoms with E-state index in [1.807, 2.05) is 0 Å². The van der Waals surface area contributed by atoms with Gasteiger partial charge in [0.05, 0.1) is 36.9 Å². The van der Waals surface area contributed by atoms with Gasteiger partial charge >= 0.3 is 11.9 Å². The number of amides is 1. The topological polar surface area (TPSA) is 111 Å². The summed E-state index contributed by atoms with van der Waals surface area (Å²) in [5, 5.41) is 16.1. The number of fused-ring (bicyclic) bond motifs is 1. The van der Waals surface area contributed by atoms with E-state index in [2.05, 4.69) is 10.4 Å². The largest absolute Gasteiger partial charge is 0.481 e. The van der Waals surface area contributed by atoms with Crippen LogP contribution in [0.1, 0.15) is 57.3 Å². The number of aryl methyl sites for hydroxylation is 2. The summed E-state index contributed by atoms with van der Waals surface area (Å²) in [6.07, 6.45) is 6.59.